The largest absolute Gasteiger partial charge is 0.472 e. The molecule has 3 unspecified atom stereocenters. The summed E-state index contributed by atoms with van der Waals surface area (Å²) in [6, 6.07) is 0. The molecular weight excluding hydrogens is 1310 g/mol. The van der Waals surface area contributed by atoms with Crippen molar-refractivity contribution < 1.29 is 80.2 Å². The number of carbonyl (C=O) groups is 4. The minimum atomic E-state index is -4.96. The van der Waals surface area contributed by atoms with Crippen LogP contribution in [-0.2, 0) is 65.4 Å². The average molecular weight is 1470 g/mol. The molecule has 0 aromatic rings. The second kappa shape index (κ2) is 70.1. The maximum absolute atomic E-state index is 13.1. The van der Waals surface area contributed by atoms with Crippen LogP contribution in [0.3, 0.4) is 0 Å². The number of aliphatic hydroxyl groups excluding tert-OH is 1. The van der Waals surface area contributed by atoms with Gasteiger partial charge in [0.05, 0.1) is 26.4 Å². The van der Waals surface area contributed by atoms with E-state index in [2.05, 4.69) is 55.4 Å². The first-order chi connectivity index (χ1) is 48.1. The highest BCUT2D eigenvalue weighted by atomic mass is 31.2. The van der Waals surface area contributed by atoms with Crippen LogP contribution in [0.4, 0.5) is 0 Å². The molecule has 3 N–H and O–H groups in total. The molecule has 0 aromatic carbocycles. The van der Waals surface area contributed by atoms with Gasteiger partial charge in [0.2, 0.25) is 0 Å². The number of aliphatic hydroxyl groups is 1. The van der Waals surface area contributed by atoms with E-state index in [1.54, 1.807) is 0 Å². The number of hydrogen-bond acceptors (Lipinski definition) is 15. The SMILES string of the molecule is CC(C)CCCCCCCCCCCCCCCCCCCCC(=O)OC[C@H](COP(=O)(O)OCC(O)COP(=O)(O)OC[C@@H](COC(=O)CCCCCCCCC(C)C)OC(=O)CCCCCCCCCCCCCCCCCC(C)C)OC(=O)CCCCCCCCCCCC(C)C. The number of hydrogen-bond donors (Lipinski definition) is 3. The highest BCUT2D eigenvalue weighted by Gasteiger charge is 2.30. The van der Waals surface area contributed by atoms with Crippen LogP contribution in [0.15, 0.2) is 0 Å². The van der Waals surface area contributed by atoms with E-state index in [-0.39, 0.29) is 25.7 Å². The molecular formula is C81H158O17P2. The topological polar surface area (TPSA) is 237 Å². The Morgan fingerprint density at radius 3 is 0.620 bits per heavy atom. The molecule has 0 saturated heterocycles. The van der Waals surface area contributed by atoms with E-state index in [4.69, 9.17) is 37.0 Å². The standard InChI is InChI=1S/C81H158O17P2/c1-71(2)57-49-41-33-27-22-18-14-11-9-10-12-16-20-24-30-36-45-53-61-78(83)91-67-76(97-81(86)64-56-48-38-32-26-29-35-43-51-59-73(5)6)69-95-99(87,88)93-65-75(82)66-94-100(89,90)96-70-77(68-92-79(84)62-54-46-40-39-44-52-60-74(7)8)98-80(85)63-55-47-37-31-25-21-17-13-15-19-23-28-34-42-50-58-72(3)4/h71-77,82H,9-70H2,1-8H3,(H,87,88)(H,89,90)/t75?,76-,77-/m1/s1. The molecule has 5 atom stereocenters. The van der Waals surface area contributed by atoms with E-state index in [0.717, 1.165) is 114 Å². The van der Waals surface area contributed by atoms with Crippen LogP contribution in [0.5, 0.6) is 0 Å². The van der Waals surface area contributed by atoms with Crippen molar-refractivity contribution in [2.75, 3.05) is 39.6 Å². The molecule has 0 aliphatic rings. The first-order valence-electron chi connectivity index (χ1n) is 41.7. The minimum Gasteiger partial charge on any atom is -0.462 e. The van der Waals surface area contributed by atoms with Gasteiger partial charge in [-0.3, -0.25) is 37.3 Å². The van der Waals surface area contributed by atoms with E-state index in [9.17, 15) is 43.2 Å². The summed E-state index contributed by atoms with van der Waals surface area (Å²) < 4.78 is 68.6. The predicted molar refractivity (Wildman–Crippen MR) is 409 cm³/mol. The quantitative estimate of drug-likeness (QED) is 0.0222. The smallest absolute Gasteiger partial charge is 0.462 e. The van der Waals surface area contributed by atoms with E-state index >= 15 is 0 Å². The molecule has 0 heterocycles. The van der Waals surface area contributed by atoms with Crippen LogP contribution in [0.2, 0.25) is 0 Å². The van der Waals surface area contributed by atoms with Crippen molar-refractivity contribution in [2.24, 2.45) is 23.7 Å². The average Bonchev–Trinajstić information content (AvgIpc) is 0.925. The number of carbonyl (C=O) groups excluding carboxylic acids is 4. The number of esters is 4. The molecule has 100 heavy (non-hydrogen) atoms. The molecule has 0 amide bonds. The molecule has 0 saturated carbocycles. The number of ether oxygens (including phenoxy) is 4. The maximum Gasteiger partial charge on any atom is 0.472 e. The summed E-state index contributed by atoms with van der Waals surface area (Å²) in [6.45, 7) is 14.2. The Labute approximate surface area is 613 Å². The Morgan fingerprint density at radius 2 is 0.420 bits per heavy atom. The van der Waals surface area contributed by atoms with Gasteiger partial charge in [0.1, 0.15) is 19.3 Å². The zero-order chi connectivity index (χ0) is 73.8. The fourth-order valence-corrected chi connectivity index (χ4v) is 14.0. The summed E-state index contributed by atoms with van der Waals surface area (Å²) in [5, 5.41) is 10.6. The molecule has 594 valence electrons. The zero-order valence-electron chi connectivity index (χ0n) is 65.8. The van der Waals surface area contributed by atoms with Crippen LogP contribution >= 0.6 is 15.6 Å². The Balaban J connectivity index is 5.15. The molecule has 17 nitrogen and oxygen atoms in total. The van der Waals surface area contributed by atoms with Gasteiger partial charge in [0.25, 0.3) is 0 Å². The zero-order valence-corrected chi connectivity index (χ0v) is 67.6. The minimum absolute atomic E-state index is 0.105. The summed E-state index contributed by atoms with van der Waals surface area (Å²) >= 11 is 0. The fourth-order valence-electron chi connectivity index (χ4n) is 12.4. The van der Waals surface area contributed by atoms with Gasteiger partial charge in [-0.25, -0.2) is 9.13 Å². The first kappa shape index (κ1) is 98.1. The first-order valence-corrected chi connectivity index (χ1v) is 44.7. The van der Waals surface area contributed by atoms with Gasteiger partial charge in [-0.15, -0.1) is 0 Å². The van der Waals surface area contributed by atoms with Crippen molar-refractivity contribution in [2.45, 2.75) is 433 Å². The summed E-state index contributed by atoms with van der Waals surface area (Å²) in [4.78, 5) is 72.9. The van der Waals surface area contributed by atoms with Crippen LogP contribution in [0.1, 0.15) is 415 Å². The molecule has 0 aromatic heterocycles. The lowest BCUT2D eigenvalue weighted by molar-refractivity contribution is -0.161. The van der Waals surface area contributed by atoms with Crippen molar-refractivity contribution in [1.82, 2.24) is 0 Å². The summed E-state index contributed by atoms with van der Waals surface area (Å²) in [7, 11) is -9.92. The Kier molecular flexibility index (Phi) is 68.7. The Morgan fingerprint density at radius 1 is 0.250 bits per heavy atom. The highest BCUT2D eigenvalue weighted by Crippen LogP contribution is 2.45. The number of rotatable bonds is 78. The highest BCUT2D eigenvalue weighted by molar-refractivity contribution is 7.47. The van der Waals surface area contributed by atoms with Gasteiger partial charge >= 0.3 is 39.5 Å². The number of phosphoric acid groups is 2. The molecule has 0 aliphatic heterocycles. The third kappa shape index (κ3) is 74.3. The predicted octanol–water partition coefficient (Wildman–Crippen LogP) is 24.0. The van der Waals surface area contributed by atoms with Crippen molar-refractivity contribution >= 4 is 39.5 Å². The van der Waals surface area contributed by atoms with Gasteiger partial charge in [0.15, 0.2) is 12.2 Å². The molecule has 0 aliphatic carbocycles. The van der Waals surface area contributed by atoms with Gasteiger partial charge in [0, 0.05) is 25.7 Å². The van der Waals surface area contributed by atoms with Crippen LogP contribution in [-0.4, -0.2) is 96.7 Å². The molecule has 19 heteroatoms. The normalized spacial score (nSPS) is 14.0. The van der Waals surface area contributed by atoms with Crippen LogP contribution < -0.4 is 0 Å². The molecule has 0 rings (SSSR count). The fraction of sp³-hybridized carbons (Fsp3) is 0.951. The third-order valence-electron chi connectivity index (χ3n) is 18.8. The van der Waals surface area contributed by atoms with Crippen molar-refractivity contribution in [1.29, 1.82) is 0 Å². The van der Waals surface area contributed by atoms with E-state index in [0.29, 0.717) is 31.6 Å². The van der Waals surface area contributed by atoms with E-state index in [1.807, 2.05) is 0 Å². The van der Waals surface area contributed by atoms with Gasteiger partial charge in [-0.2, -0.15) is 0 Å². The van der Waals surface area contributed by atoms with Crippen LogP contribution in [0, 0.1) is 23.7 Å². The summed E-state index contributed by atoms with van der Waals surface area (Å²) in [5.41, 5.74) is 0. The van der Waals surface area contributed by atoms with Gasteiger partial charge in [-0.05, 0) is 49.4 Å². The molecule has 0 fully saturated rings. The number of phosphoric ester groups is 2. The van der Waals surface area contributed by atoms with Gasteiger partial charge < -0.3 is 33.8 Å². The second-order valence-electron chi connectivity index (χ2n) is 31.1. The van der Waals surface area contributed by atoms with Crippen LogP contribution in [0.25, 0.3) is 0 Å². The van der Waals surface area contributed by atoms with Crippen molar-refractivity contribution in [3.63, 3.8) is 0 Å². The molecule has 0 spiro atoms. The molecule has 0 radical (unpaired) electrons. The Bertz CT molecular complexity index is 1950. The lowest BCUT2D eigenvalue weighted by atomic mass is 10.0. The lowest BCUT2D eigenvalue weighted by Gasteiger charge is -2.21. The van der Waals surface area contributed by atoms with E-state index in [1.165, 1.54) is 212 Å². The van der Waals surface area contributed by atoms with Gasteiger partial charge in [-0.1, -0.05) is 364 Å². The summed E-state index contributed by atoms with van der Waals surface area (Å²) in [6.07, 6.45) is 57.2. The van der Waals surface area contributed by atoms with Crippen molar-refractivity contribution in [3.05, 3.63) is 0 Å². The third-order valence-corrected chi connectivity index (χ3v) is 20.7. The summed E-state index contributed by atoms with van der Waals surface area (Å²) in [5.74, 6) is 0.924. The second-order valence-corrected chi connectivity index (χ2v) is 34.0. The van der Waals surface area contributed by atoms with Crippen molar-refractivity contribution in [3.8, 4) is 0 Å². The van der Waals surface area contributed by atoms with E-state index < -0.39 is 97.5 Å². The monoisotopic (exact) mass is 1470 g/mol. The Hall–Kier alpha value is -1.94. The molecule has 0 bridgehead atoms. The lowest BCUT2D eigenvalue weighted by Crippen LogP contribution is -2.30. The maximum atomic E-state index is 13.1. The number of unbranched alkanes of at least 4 members (excludes halogenated alkanes) is 44.